The molecule has 0 bridgehead atoms. The summed E-state index contributed by atoms with van der Waals surface area (Å²) in [6.07, 6.45) is -4.66. The monoisotopic (exact) mass is 416 g/mol. The van der Waals surface area contributed by atoms with E-state index in [1.807, 2.05) is 0 Å². The molecule has 1 saturated heterocycles. The van der Waals surface area contributed by atoms with Crippen molar-refractivity contribution in [2.75, 3.05) is 38.8 Å². The van der Waals surface area contributed by atoms with Crippen molar-refractivity contribution in [3.63, 3.8) is 0 Å². The van der Waals surface area contributed by atoms with Crippen LogP contribution in [0.15, 0.2) is 18.2 Å². The number of rotatable bonds is 6. The van der Waals surface area contributed by atoms with E-state index in [2.05, 4.69) is 0 Å². The van der Waals surface area contributed by atoms with Crippen LogP contribution in [0.1, 0.15) is 27.2 Å². The van der Waals surface area contributed by atoms with Crippen molar-refractivity contribution in [2.45, 2.75) is 33.4 Å². The standard InChI is InChI=1S/C20H27F3N2O4/c1-19(2,3)11-24(12-20(21,22)23)18(27)13-8-17(26)25(10-13)15-7-6-14(28-4)9-16(15)29-5/h6-7,9,13H,8,10-12H2,1-5H3. The van der Waals surface area contributed by atoms with Gasteiger partial charge < -0.3 is 19.3 Å². The Labute approximate surface area is 168 Å². The molecule has 1 aromatic carbocycles. The van der Waals surface area contributed by atoms with Gasteiger partial charge in [0.2, 0.25) is 11.8 Å². The second-order valence-corrected chi connectivity index (χ2v) is 8.31. The molecule has 0 N–H and O–H groups in total. The van der Waals surface area contributed by atoms with Crippen LogP contribution in [-0.4, -0.2) is 56.7 Å². The number of ether oxygens (including phenoxy) is 2. The minimum Gasteiger partial charge on any atom is -0.497 e. The summed E-state index contributed by atoms with van der Waals surface area (Å²) in [6.45, 7) is 3.90. The summed E-state index contributed by atoms with van der Waals surface area (Å²) in [5, 5.41) is 0. The van der Waals surface area contributed by atoms with Crippen LogP contribution in [0.5, 0.6) is 11.5 Å². The molecule has 6 nitrogen and oxygen atoms in total. The molecule has 0 aromatic heterocycles. The van der Waals surface area contributed by atoms with Crippen LogP contribution in [0, 0.1) is 11.3 Å². The zero-order valence-corrected chi connectivity index (χ0v) is 17.3. The topological polar surface area (TPSA) is 59.1 Å². The van der Waals surface area contributed by atoms with E-state index in [1.165, 1.54) is 19.1 Å². The summed E-state index contributed by atoms with van der Waals surface area (Å²) in [4.78, 5) is 27.6. The number of nitrogens with zero attached hydrogens (tertiary/aromatic N) is 2. The zero-order chi connectivity index (χ0) is 22.0. The van der Waals surface area contributed by atoms with E-state index in [1.54, 1.807) is 39.0 Å². The highest BCUT2D eigenvalue weighted by molar-refractivity contribution is 6.01. The third-order valence-electron chi connectivity index (χ3n) is 4.50. The predicted octanol–water partition coefficient (Wildman–Crippen LogP) is 3.49. The van der Waals surface area contributed by atoms with Crippen molar-refractivity contribution in [3.8, 4) is 11.5 Å². The predicted molar refractivity (Wildman–Crippen MR) is 102 cm³/mol. The average molecular weight is 416 g/mol. The van der Waals surface area contributed by atoms with Crippen molar-refractivity contribution >= 4 is 17.5 Å². The Morgan fingerprint density at radius 2 is 1.83 bits per heavy atom. The fraction of sp³-hybridized carbons (Fsp3) is 0.600. The van der Waals surface area contributed by atoms with Crippen LogP contribution < -0.4 is 14.4 Å². The lowest BCUT2D eigenvalue weighted by atomic mass is 9.95. The lowest BCUT2D eigenvalue weighted by Gasteiger charge is -2.32. The summed E-state index contributed by atoms with van der Waals surface area (Å²) in [7, 11) is 2.93. The smallest absolute Gasteiger partial charge is 0.406 e. The van der Waals surface area contributed by atoms with Gasteiger partial charge in [-0.05, 0) is 17.5 Å². The van der Waals surface area contributed by atoms with Gasteiger partial charge in [0.1, 0.15) is 18.0 Å². The van der Waals surface area contributed by atoms with Crippen LogP contribution in [-0.2, 0) is 9.59 Å². The maximum absolute atomic E-state index is 13.0. The fourth-order valence-electron chi connectivity index (χ4n) is 3.37. The number of methoxy groups -OCH3 is 2. The molecule has 1 fully saturated rings. The van der Waals surface area contributed by atoms with Crippen LogP contribution in [0.3, 0.4) is 0 Å². The first-order chi connectivity index (χ1) is 13.3. The first-order valence-corrected chi connectivity index (χ1v) is 9.22. The molecule has 2 rings (SSSR count). The minimum absolute atomic E-state index is 0.00114. The molecule has 1 atom stereocenters. The van der Waals surface area contributed by atoms with Gasteiger partial charge in [-0.25, -0.2) is 0 Å². The molecule has 0 radical (unpaired) electrons. The molecule has 1 unspecified atom stereocenters. The lowest BCUT2D eigenvalue weighted by Crippen LogP contribution is -2.46. The number of hydrogen-bond donors (Lipinski definition) is 0. The summed E-state index contributed by atoms with van der Waals surface area (Å²) < 4.78 is 49.5. The molecule has 29 heavy (non-hydrogen) atoms. The maximum Gasteiger partial charge on any atom is 0.406 e. The molecule has 1 heterocycles. The van der Waals surface area contributed by atoms with Crippen LogP contribution in [0.25, 0.3) is 0 Å². The number of carbonyl (C=O) groups is 2. The number of anilines is 1. The number of amides is 2. The molecule has 2 amide bonds. The van der Waals surface area contributed by atoms with Gasteiger partial charge in [-0.3, -0.25) is 9.59 Å². The van der Waals surface area contributed by atoms with Gasteiger partial charge in [-0.2, -0.15) is 13.2 Å². The molecule has 1 aliphatic rings. The summed E-state index contributed by atoms with van der Waals surface area (Å²) >= 11 is 0. The normalized spacial score (nSPS) is 17.4. The van der Waals surface area contributed by atoms with Crippen LogP contribution >= 0.6 is 0 Å². The zero-order valence-electron chi connectivity index (χ0n) is 17.3. The number of hydrogen-bond acceptors (Lipinski definition) is 4. The highest BCUT2D eigenvalue weighted by Gasteiger charge is 2.42. The summed E-state index contributed by atoms with van der Waals surface area (Å²) in [5.74, 6) is -0.937. The van der Waals surface area contributed by atoms with Crippen LogP contribution in [0.2, 0.25) is 0 Å². The van der Waals surface area contributed by atoms with E-state index in [-0.39, 0.29) is 25.4 Å². The minimum atomic E-state index is -4.51. The Morgan fingerprint density at radius 3 is 2.34 bits per heavy atom. The van der Waals surface area contributed by atoms with Crippen LogP contribution in [0.4, 0.5) is 18.9 Å². The van der Waals surface area contributed by atoms with Gasteiger partial charge in [0, 0.05) is 25.6 Å². The molecule has 1 aromatic rings. The van der Waals surface area contributed by atoms with Crippen molar-refractivity contribution in [1.82, 2.24) is 4.90 Å². The Kier molecular flexibility index (Phi) is 6.70. The third-order valence-corrected chi connectivity index (χ3v) is 4.50. The fourth-order valence-corrected chi connectivity index (χ4v) is 3.37. The molecule has 1 aliphatic heterocycles. The Bertz CT molecular complexity index is 743. The first kappa shape index (κ1) is 22.8. The highest BCUT2D eigenvalue weighted by Crippen LogP contribution is 2.36. The molecule has 9 heteroatoms. The van der Waals surface area contributed by atoms with E-state index >= 15 is 0 Å². The Balaban J connectivity index is 2.24. The van der Waals surface area contributed by atoms with E-state index in [9.17, 15) is 22.8 Å². The van der Waals surface area contributed by atoms with Gasteiger partial charge in [0.05, 0.1) is 25.8 Å². The number of alkyl halides is 3. The molecular weight excluding hydrogens is 389 g/mol. The van der Waals surface area contributed by atoms with Gasteiger partial charge in [-0.1, -0.05) is 20.8 Å². The largest absolute Gasteiger partial charge is 0.497 e. The van der Waals surface area contributed by atoms with E-state index < -0.39 is 30.0 Å². The molecule has 0 saturated carbocycles. The SMILES string of the molecule is COc1ccc(N2CC(C(=O)N(CC(C)(C)C)CC(F)(F)F)CC2=O)c(OC)c1. The van der Waals surface area contributed by atoms with E-state index in [4.69, 9.17) is 9.47 Å². The van der Waals surface area contributed by atoms with Gasteiger partial charge in [-0.15, -0.1) is 0 Å². The number of carbonyl (C=O) groups excluding carboxylic acids is 2. The second-order valence-electron chi connectivity index (χ2n) is 8.31. The van der Waals surface area contributed by atoms with Crippen molar-refractivity contribution < 1.29 is 32.2 Å². The van der Waals surface area contributed by atoms with Crippen molar-refractivity contribution in [3.05, 3.63) is 18.2 Å². The average Bonchev–Trinajstić information content (AvgIpc) is 2.99. The Morgan fingerprint density at radius 1 is 1.17 bits per heavy atom. The van der Waals surface area contributed by atoms with Gasteiger partial charge in [0.25, 0.3) is 0 Å². The Hall–Kier alpha value is -2.45. The molecule has 0 spiro atoms. The van der Waals surface area contributed by atoms with Crippen molar-refractivity contribution in [2.24, 2.45) is 11.3 Å². The van der Waals surface area contributed by atoms with Gasteiger partial charge >= 0.3 is 6.18 Å². The summed E-state index contributed by atoms with van der Waals surface area (Å²) in [5.41, 5.74) is -0.0608. The van der Waals surface area contributed by atoms with E-state index in [0.717, 1.165) is 4.90 Å². The summed E-state index contributed by atoms with van der Waals surface area (Å²) in [6, 6.07) is 4.88. The molecule has 0 aliphatic carbocycles. The molecule has 162 valence electrons. The van der Waals surface area contributed by atoms with E-state index in [0.29, 0.717) is 17.2 Å². The van der Waals surface area contributed by atoms with Crippen molar-refractivity contribution in [1.29, 1.82) is 0 Å². The number of benzene rings is 1. The first-order valence-electron chi connectivity index (χ1n) is 9.22. The lowest BCUT2D eigenvalue weighted by molar-refractivity contribution is -0.165. The second kappa shape index (κ2) is 8.51. The number of halogens is 3. The third kappa shape index (κ3) is 6.01. The quantitative estimate of drug-likeness (QED) is 0.712. The maximum atomic E-state index is 13.0. The van der Waals surface area contributed by atoms with Gasteiger partial charge in [0.15, 0.2) is 0 Å². The highest BCUT2D eigenvalue weighted by atomic mass is 19.4. The molecular formula is C20H27F3N2O4.